The zero-order valence-corrected chi connectivity index (χ0v) is 18.9. The van der Waals surface area contributed by atoms with Crippen LogP contribution in [0.4, 0.5) is 27.6 Å². The highest BCUT2D eigenvalue weighted by atomic mass is 35.5. The molecule has 0 aliphatic carbocycles. The topological polar surface area (TPSA) is 84.5 Å². The SMILES string of the molecule is COC(=O)c1cc(NC(=O)c2cc(F)cc(C(F)(F)F)c2)c2c(c1)C(=O)NC2c1cc(F)ccc1Cl. The quantitative estimate of drug-likeness (QED) is 0.348. The normalized spacial score (nSPS) is 14.8. The zero-order valence-electron chi connectivity index (χ0n) is 18.1. The van der Waals surface area contributed by atoms with Crippen molar-refractivity contribution in [1.82, 2.24) is 5.32 Å². The first-order valence-corrected chi connectivity index (χ1v) is 10.5. The molecule has 0 fully saturated rings. The van der Waals surface area contributed by atoms with Crippen molar-refractivity contribution < 1.29 is 41.1 Å². The second-order valence-corrected chi connectivity index (χ2v) is 8.14. The van der Waals surface area contributed by atoms with Crippen molar-refractivity contribution in [2.45, 2.75) is 12.2 Å². The summed E-state index contributed by atoms with van der Waals surface area (Å²) in [5.41, 5.74) is -2.30. The Kier molecular flexibility index (Phi) is 6.44. The van der Waals surface area contributed by atoms with Crippen LogP contribution in [0.5, 0.6) is 0 Å². The van der Waals surface area contributed by atoms with Crippen molar-refractivity contribution in [3.63, 3.8) is 0 Å². The van der Waals surface area contributed by atoms with Crippen LogP contribution in [0.2, 0.25) is 5.02 Å². The van der Waals surface area contributed by atoms with E-state index < -0.39 is 52.8 Å². The Balaban J connectivity index is 1.85. The number of rotatable bonds is 4. The van der Waals surface area contributed by atoms with E-state index in [2.05, 4.69) is 15.4 Å². The lowest BCUT2D eigenvalue weighted by Gasteiger charge is -2.19. The predicted octanol–water partition coefficient (Wildman–Crippen LogP) is 5.51. The van der Waals surface area contributed by atoms with Gasteiger partial charge in [-0.3, -0.25) is 9.59 Å². The fourth-order valence-corrected chi connectivity index (χ4v) is 4.05. The number of carbonyl (C=O) groups is 3. The molecule has 1 aliphatic heterocycles. The highest BCUT2D eigenvalue weighted by molar-refractivity contribution is 6.31. The van der Waals surface area contributed by atoms with Crippen molar-refractivity contribution in [2.24, 2.45) is 0 Å². The highest BCUT2D eigenvalue weighted by Crippen LogP contribution is 2.40. The van der Waals surface area contributed by atoms with E-state index in [1.54, 1.807) is 0 Å². The number of methoxy groups -OCH3 is 1. The lowest BCUT2D eigenvalue weighted by Crippen LogP contribution is -2.21. The first-order chi connectivity index (χ1) is 16.9. The number of benzene rings is 3. The van der Waals surface area contributed by atoms with Gasteiger partial charge in [0.1, 0.15) is 11.6 Å². The molecular formula is C24H14ClF5N2O4. The predicted molar refractivity (Wildman–Crippen MR) is 118 cm³/mol. The number of amides is 2. The summed E-state index contributed by atoms with van der Waals surface area (Å²) in [6.07, 6.45) is -4.92. The molecule has 4 rings (SSSR count). The van der Waals surface area contributed by atoms with Gasteiger partial charge in [-0.15, -0.1) is 0 Å². The maximum atomic E-state index is 14.0. The lowest BCUT2D eigenvalue weighted by atomic mass is 9.94. The minimum absolute atomic E-state index is 0.0703. The average molecular weight is 525 g/mol. The Morgan fingerprint density at radius 3 is 2.39 bits per heavy atom. The summed E-state index contributed by atoms with van der Waals surface area (Å²) in [6.45, 7) is 0. The van der Waals surface area contributed by atoms with Crippen LogP contribution < -0.4 is 10.6 Å². The number of carbonyl (C=O) groups excluding carboxylic acids is 3. The molecule has 1 heterocycles. The monoisotopic (exact) mass is 524 g/mol. The fraction of sp³-hybridized carbons (Fsp3) is 0.125. The van der Waals surface area contributed by atoms with Gasteiger partial charge >= 0.3 is 12.1 Å². The number of alkyl halides is 3. The summed E-state index contributed by atoms with van der Waals surface area (Å²) in [4.78, 5) is 37.8. The number of ether oxygens (including phenoxy) is 1. The van der Waals surface area contributed by atoms with Gasteiger partial charge in [-0.05, 0) is 48.5 Å². The molecule has 0 radical (unpaired) electrons. The summed E-state index contributed by atoms with van der Waals surface area (Å²) in [5.74, 6) is -4.70. The second kappa shape index (κ2) is 9.23. The molecule has 36 heavy (non-hydrogen) atoms. The van der Waals surface area contributed by atoms with Crippen molar-refractivity contribution in [3.8, 4) is 0 Å². The zero-order chi connectivity index (χ0) is 26.4. The van der Waals surface area contributed by atoms with Crippen LogP contribution in [-0.4, -0.2) is 24.9 Å². The van der Waals surface area contributed by atoms with Crippen molar-refractivity contribution >= 4 is 35.1 Å². The van der Waals surface area contributed by atoms with E-state index >= 15 is 0 Å². The van der Waals surface area contributed by atoms with Gasteiger partial charge in [0.15, 0.2) is 0 Å². The first kappa shape index (κ1) is 25.1. The number of nitrogens with one attached hydrogen (secondary N) is 2. The van der Waals surface area contributed by atoms with Gasteiger partial charge in [-0.1, -0.05) is 11.6 Å². The van der Waals surface area contributed by atoms with Crippen molar-refractivity contribution in [2.75, 3.05) is 12.4 Å². The largest absolute Gasteiger partial charge is 0.465 e. The number of halogens is 6. The molecule has 0 saturated heterocycles. The molecule has 0 spiro atoms. The average Bonchev–Trinajstić information content (AvgIpc) is 3.15. The summed E-state index contributed by atoms with van der Waals surface area (Å²) in [7, 11) is 1.08. The fourth-order valence-electron chi connectivity index (χ4n) is 3.82. The molecular weight excluding hydrogens is 511 g/mol. The van der Waals surface area contributed by atoms with Crippen LogP contribution in [-0.2, 0) is 10.9 Å². The number of esters is 1. The minimum atomic E-state index is -4.92. The molecule has 3 aromatic carbocycles. The summed E-state index contributed by atoms with van der Waals surface area (Å²) in [5, 5.41) is 4.98. The van der Waals surface area contributed by atoms with E-state index in [4.69, 9.17) is 11.6 Å². The molecule has 3 aromatic rings. The molecule has 1 aliphatic rings. The van der Waals surface area contributed by atoms with Gasteiger partial charge < -0.3 is 15.4 Å². The summed E-state index contributed by atoms with van der Waals surface area (Å²) in [6, 6.07) is 5.91. The van der Waals surface area contributed by atoms with Gasteiger partial charge in [0, 0.05) is 33.0 Å². The first-order valence-electron chi connectivity index (χ1n) is 10.1. The Morgan fingerprint density at radius 1 is 1.00 bits per heavy atom. The third-order valence-corrected chi connectivity index (χ3v) is 5.76. The van der Waals surface area contributed by atoms with Crippen molar-refractivity contribution in [3.05, 3.63) is 98.6 Å². The Morgan fingerprint density at radius 2 is 1.72 bits per heavy atom. The van der Waals surface area contributed by atoms with Gasteiger partial charge in [0.05, 0.1) is 24.3 Å². The van der Waals surface area contributed by atoms with E-state index in [9.17, 15) is 36.3 Å². The number of hydrogen-bond acceptors (Lipinski definition) is 4. The summed E-state index contributed by atoms with van der Waals surface area (Å²) >= 11 is 6.20. The minimum Gasteiger partial charge on any atom is -0.465 e. The van der Waals surface area contributed by atoms with E-state index in [-0.39, 0.29) is 39.0 Å². The molecule has 2 N–H and O–H groups in total. The lowest BCUT2D eigenvalue weighted by molar-refractivity contribution is -0.137. The smallest absolute Gasteiger partial charge is 0.416 e. The molecule has 186 valence electrons. The third kappa shape index (κ3) is 4.74. The maximum Gasteiger partial charge on any atom is 0.416 e. The van der Waals surface area contributed by atoms with Crippen LogP contribution in [0.3, 0.4) is 0 Å². The molecule has 0 aromatic heterocycles. The highest BCUT2D eigenvalue weighted by Gasteiger charge is 2.36. The molecule has 2 amide bonds. The number of anilines is 1. The van der Waals surface area contributed by atoms with E-state index in [1.165, 1.54) is 12.1 Å². The Bertz CT molecular complexity index is 1420. The van der Waals surface area contributed by atoms with Gasteiger partial charge in [0.25, 0.3) is 11.8 Å². The molecule has 1 atom stereocenters. The van der Waals surface area contributed by atoms with E-state index in [0.29, 0.717) is 12.1 Å². The molecule has 0 saturated carbocycles. The van der Waals surface area contributed by atoms with Gasteiger partial charge in [-0.25, -0.2) is 13.6 Å². The second-order valence-electron chi connectivity index (χ2n) is 7.73. The van der Waals surface area contributed by atoms with Crippen LogP contribution in [0.15, 0.2) is 48.5 Å². The van der Waals surface area contributed by atoms with E-state index in [0.717, 1.165) is 25.3 Å². The van der Waals surface area contributed by atoms with E-state index in [1.807, 2.05) is 0 Å². The Labute approximate surface area is 205 Å². The molecule has 1 unspecified atom stereocenters. The van der Waals surface area contributed by atoms with Crippen LogP contribution in [0, 0.1) is 11.6 Å². The van der Waals surface area contributed by atoms with Crippen LogP contribution in [0.1, 0.15) is 53.8 Å². The van der Waals surface area contributed by atoms with Crippen LogP contribution >= 0.6 is 11.6 Å². The molecule has 0 bridgehead atoms. The molecule has 6 nitrogen and oxygen atoms in total. The van der Waals surface area contributed by atoms with Gasteiger partial charge in [-0.2, -0.15) is 13.2 Å². The van der Waals surface area contributed by atoms with Crippen LogP contribution in [0.25, 0.3) is 0 Å². The third-order valence-electron chi connectivity index (χ3n) is 5.41. The van der Waals surface area contributed by atoms with Gasteiger partial charge in [0.2, 0.25) is 0 Å². The standard InChI is InChI=1S/C24H14ClF5N2O4/c1-36-23(35)11-6-16-19(20(32-22(16)34)15-9-13(26)2-3-17(15)25)18(7-11)31-21(33)10-4-12(24(28,29)30)8-14(27)5-10/h2-9,20H,1H3,(H,31,33)(H,32,34). The number of hydrogen-bond donors (Lipinski definition) is 2. The maximum absolute atomic E-state index is 14.0. The molecule has 12 heteroatoms. The Hall–Kier alpha value is -3.99. The van der Waals surface area contributed by atoms with Crippen molar-refractivity contribution in [1.29, 1.82) is 0 Å². The number of fused-ring (bicyclic) bond motifs is 1. The summed E-state index contributed by atoms with van der Waals surface area (Å²) < 4.78 is 71.8.